The number of carbonyl (C=O) groups excluding carboxylic acids is 2. The summed E-state index contributed by atoms with van der Waals surface area (Å²) in [7, 11) is 0. The van der Waals surface area contributed by atoms with Crippen LogP contribution in [0.25, 0.3) is 11.8 Å². The molecule has 222 valence electrons. The van der Waals surface area contributed by atoms with E-state index in [9.17, 15) is 9.59 Å². The van der Waals surface area contributed by atoms with Crippen molar-refractivity contribution in [1.82, 2.24) is 30.5 Å². The number of aromatic nitrogens is 5. The predicted octanol–water partition coefficient (Wildman–Crippen LogP) is 5.31. The molecule has 3 N–H and O–H groups in total. The highest BCUT2D eigenvalue weighted by molar-refractivity contribution is 6.30. The van der Waals surface area contributed by atoms with Gasteiger partial charge in [-0.3, -0.25) is 15.1 Å². The molecule has 1 atom stereocenters. The molecule has 0 bridgehead atoms. The fourth-order valence-corrected chi connectivity index (χ4v) is 4.50. The first-order chi connectivity index (χ1) is 21.5. The van der Waals surface area contributed by atoms with E-state index in [4.69, 9.17) is 16.3 Å². The van der Waals surface area contributed by atoms with Crippen molar-refractivity contribution in [2.75, 3.05) is 17.2 Å². The van der Waals surface area contributed by atoms with Crippen molar-refractivity contribution in [2.24, 2.45) is 0 Å². The summed E-state index contributed by atoms with van der Waals surface area (Å²) in [5, 5.41) is 21.0. The van der Waals surface area contributed by atoms with Crippen LogP contribution in [0.5, 0.6) is 0 Å². The third-order valence-electron chi connectivity index (χ3n) is 6.47. The fraction of sp³-hybridized carbons (Fsp3) is 0.125. The maximum absolute atomic E-state index is 13.0. The van der Waals surface area contributed by atoms with Crippen LogP contribution < -0.4 is 16.0 Å². The SMILES string of the molecule is O=C(C=Cc1cc(Cl)ccc1-n1cnnn1)NC(CNc1ccc(NC(=O)OCc2ccncc2)cc1)Cc1ccccc1. The van der Waals surface area contributed by atoms with Gasteiger partial charge < -0.3 is 15.4 Å². The Balaban J connectivity index is 1.19. The molecule has 5 aromatic rings. The number of hydrogen-bond donors (Lipinski definition) is 3. The van der Waals surface area contributed by atoms with Crippen LogP contribution in [0.3, 0.4) is 0 Å². The number of amides is 2. The third-order valence-corrected chi connectivity index (χ3v) is 6.71. The Kier molecular flexibility index (Phi) is 10.3. The topological polar surface area (TPSA) is 136 Å². The van der Waals surface area contributed by atoms with E-state index in [1.54, 1.807) is 60.9 Å². The Morgan fingerprint density at radius 1 is 0.932 bits per heavy atom. The largest absolute Gasteiger partial charge is 0.444 e. The molecule has 0 aliphatic carbocycles. The average molecular weight is 609 g/mol. The van der Waals surface area contributed by atoms with E-state index in [0.717, 1.165) is 16.8 Å². The summed E-state index contributed by atoms with van der Waals surface area (Å²) in [6.07, 6.45) is 7.97. The number of hydrogen-bond acceptors (Lipinski definition) is 8. The first-order valence-corrected chi connectivity index (χ1v) is 14.1. The van der Waals surface area contributed by atoms with Gasteiger partial charge in [0.25, 0.3) is 0 Å². The van der Waals surface area contributed by atoms with Crippen molar-refractivity contribution in [1.29, 1.82) is 0 Å². The number of halogens is 1. The van der Waals surface area contributed by atoms with E-state index in [1.807, 2.05) is 42.5 Å². The van der Waals surface area contributed by atoms with Gasteiger partial charge >= 0.3 is 6.09 Å². The molecule has 0 radical (unpaired) electrons. The van der Waals surface area contributed by atoms with Crippen molar-refractivity contribution < 1.29 is 14.3 Å². The van der Waals surface area contributed by atoms with Crippen LogP contribution in [0, 0.1) is 0 Å². The summed E-state index contributed by atoms with van der Waals surface area (Å²) in [5.41, 5.74) is 4.73. The zero-order valence-corrected chi connectivity index (χ0v) is 24.3. The molecule has 5 rings (SSSR count). The summed E-state index contributed by atoms with van der Waals surface area (Å²) in [6.45, 7) is 0.611. The Labute approximate surface area is 258 Å². The zero-order valence-electron chi connectivity index (χ0n) is 23.5. The molecule has 1 unspecified atom stereocenters. The Morgan fingerprint density at radius 2 is 1.70 bits per heavy atom. The fourth-order valence-electron chi connectivity index (χ4n) is 4.32. The number of nitrogens with one attached hydrogen (secondary N) is 3. The van der Waals surface area contributed by atoms with Gasteiger partial charge in [0.15, 0.2) is 0 Å². The van der Waals surface area contributed by atoms with Gasteiger partial charge in [-0.05, 0) is 88.6 Å². The number of rotatable bonds is 12. The van der Waals surface area contributed by atoms with E-state index >= 15 is 0 Å². The highest BCUT2D eigenvalue weighted by Gasteiger charge is 2.13. The second-order valence-electron chi connectivity index (χ2n) is 9.70. The predicted molar refractivity (Wildman–Crippen MR) is 168 cm³/mol. The molecule has 0 fully saturated rings. The number of nitrogens with zero attached hydrogens (tertiary/aromatic N) is 5. The van der Waals surface area contributed by atoms with Crippen molar-refractivity contribution >= 4 is 41.1 Å². The first kappa shape index (κ1) is 29.9. The molecule has 0 aliphatic heterocycles. The van der Waals surface area contributed by atoms with Gasteiger partial charge in [0.05, 0.1) is 11.7 Å². The molecule has 0 saturated heterocycles. The van der Waals surface area contributed by atoms with E-state index in [2.05, 4.69) is 36.5 Å². The monoisotopic (exact) mass is 608 g/mol. The standard InChI is InChI=1S/C32H29ClN8O3/c33-26-7-12-30(41-22-36-39-40-41)25(19-26)6-13-31(42)37-29(18-23-4-2-1-3-5-23)20-35-27-8-10-28(11-9-27)38-32(43)44-21-24-14-16-34-17-15-24/h1-17,19,22,29,35H,18,20-21H2,(H,37,42)(H,38,43). The lowest BCUT2D eigenvalue weighted by molar-refractivity contribution is -0.117. The van der Waals surface area contributed by atoms with Crippen LogP contribution >= 0.6 is 11.6 Å². The number of carbonyl (C=O) groups is 2. The van der Waals surface area contributed by atoms with Crippen molar-refractivity contribution in [2.45, 2.75) is 19.1 Å². The van der Waals surface area contributed by atoms with E-state index in [-0.39, 0.29) is 18.6 Å². The molecule has 2 heterocycles. The van der Waals surface area contributed by atoms with Crippen molar-refractivity contribution in [3.63, 3.8) is 0 Å². The summed E-state index contributed by atoms with van der Waals surface area (Å²) in [4.78, 5) is 29.2. The third kappa shape index (κ3) is 8.97. The van der Waals surface area contributed by atoms with Crippen LogP contribution in [0.1, 0.15) is 16.7 Å². The lowest BCUT2D eigenvalue weighted by atomic mass is 10.1. The highest BCUT2D eigenvalue weighted by Crippen LogP contribution is 2.20. The van der Waals surface area contributed by atoms with Gasteiger partial charge in [-0.2, -0.15) is 4.68 Å². The molecule has 2 aromatic heterocycles. The summed E-state index contributed by atoms with van der Waals surface area (Å²) >= 11 is 6.21. The van der Waals surface area contributed by atoms with E-state index < -0.39 is 6.09 Å². The van der Waals surface area contributed by atoms with Gasteiger partial charge in [0.1, 0.15) is 12.9 Å². The molecular formula is C32H29ClN8O3. The van der Waals surface area contributed by atoms with Gasteiger partial charge in [-0.15, -0.1) is 5.10 Å². The molecule has 2 amide bonds. The second-order valence-corrected chi connectivity index (χ2v) is 10.1. The minimum Gasteiger partial charge on any atom is -0.444 e. The second kappa shape index (κ2) is 15.1. The number of anilines is 2. The van der Waals surface area contributed by atoms with Crippen LogP contribution in [0.15, 0.2) is 110 Å². The molecular weight excluding hydrogens is 580 g/mol. The van der Waals surface area contributed by atoms with E-state index in [0.29, 0.717) is 34.9 Å². The average Bonchev–Trinajstić information content (AvgIpc) is 3.58. The Morgan fingerprint density at radius 3 is 2.45 bits per heavy atom. The smallest absolute Gasteiger partial charge is 0.411 e. The lowest BCUT2D eigenvalue weighted by Gasteiger charge is -2.20. The van der Waals surface area contributed by atoms with Gasteiger partial charge in [0.2, 0.25) is 5.91 Å². The first-order valence-electron chi connectivity index (χ1n) is 13.7. The van der Waals surface area contributed by atoms with Gasteiger partial charge in [-0.1, -0.05) is 41.9 Å². The number of tetrazole rings is 1. The molecule has 0 saturated carbocycles. The molecule has 12 heteroatoms. The van der Waals surface area contributed by atoms with Gasteiger partial charge in [0, 0.05) is 47.0 Å². The molecule has 0 aliphatic rings. The van der Waals surface area contributed by atoms with Crippen LogP contribution in [0.4, 0.5) is 16.2 Å². The lowest BCUT2D eigenvalue weighted by Crippen LogP contribution is -2.40. The maximum atomic E-state index is 13.0. The van der Waals surface area contributed by atoms with Crippen LogP contribution in [-0.4, -0.2) is 49.8 Å². The number of benzene rings is 3. The highest BCUT2D eigenvalue weighted by atomic mass is 35.5. The Hall–Kier alpha value is -5.55. The van der Waals surface area contributed by atoms with Gasteiger partial charge in [-0.25, -0.2) is 4.79 Å². The van der Waals surface area contributed by atoms with Crippen molar-refractivity contribution in [3.05, 3.63) is 131 Å². The van der Waals surface area contributed by atoms with E-state index in [1.165, 1.54) is 17.1 Å². The molecule has 0 spiro atoms. The number of pyridine rings is 1. The number of ether oxygens (including phenoxy) is 1. The van der Waals surface area contributed by atoms with Crippen LogP contribution in [0.2, 0.25) is 5.02 Å². The summed E-state index contributed by atoms with van der Waals surface area (Å²) in [5.74, 6) is -0.264. The zero-order chi connectivity index (χ0) is 30.6. The minimum absolute atomic E-state index is 0.150. The Bertz CT molecular complexity index is 1680. The molecule has 3 aromatic carbocycles. The van der Waals surface area contributed by atoms with Crippen LogP contribution in [-0.2, 0) is 22.6 Å². The summed E-state index contributed by atoms with van der Waals surface area (Å²) < 4.78 is 6.76. The summed E-state index contributed by atoms with van der Waals surface area (Å²) in [6, 6.07) is 25.8. The molecule has 44 heavy (non-hydrogen) atoms. The quantitative estimate of drug-likeness (QED) is 0.162. The molecule has 11 nitrogen and oxygen atoms in total. The minimum atomic E-state index is -0.552. The maximum Gasteiger partial charge on any atom is 0.411 e. The normalized spacial score (nSPS) is 11.6. The van der Waals surface area contributed by atoms with Crippen molar-refractivity contribution in [3.8, 4) is 5.69 Å².